The van der Waals surface area contributed by atoms with Gasteiger partial charge in [-0.15, -0.1) is 0 Å². The molecule has 5 nitrogen and oxygen atoms in total. The zero-order chi connectivity index (χ0) is 10.6. The van der Waals surface area contributed by atoms with Crippen LogP contribution in [-0.4, -0.2) is 32.7 Å². The van der Waals surface area contributed by atoms with Crippen LogP contribution in [0.4, 0.5) is 0 Å². The Labute approximate surface area is 79.0 Å². The van der Waals surface area contributed by atoms with Crippen LogP contribution in [0.1, 0.15) is 20.8 Å². The lowest BCUT2D eigenvalue weighted by Crippen LogP contribution is -2.45. The second-order valence-corrected chi connectivity index (χ2v) is 5.31. The van der Waals surface area contributed by atoms with Crippen LogP contribution in [0.3, 0.4) is 0 Å². The molecular formula is C7H16N2O3S. The summed E-state index contributed by atoms with van der Waals surface area (Å²) in [7, 11) is -1.90. The summed E-state index contributed by atoms with van der Waals surface area (Å²) in [6.45, 7) is 4.62. The molecular weight excluding hydrogens is 192 g/mol. The predicted octanol–water partition coefficient (Wildman–Crippen LogP) is -0.551. The molecule has 13 heavy (non-hydrogen) atoms. The van der Waals surface area contributed by atoms with Gasteiger partial charge in [0.05, 0.1) is 11.3 Å². The van der Waals surface area contributed by atoms with Gasteiger partial charge in [-0.1, -0.05) is 0 Å². The van der Waals surface area contributed by atoms with E-state index in [1.807, 2.05) is 4.72 Å². The molecule has 2 N–H and O–H groups in total. The van der Waals surface area contributed by atoms with Gasteiger partial charge in [0.15, 0.2) is 0 Å². The molecule has 0 heterocycles. The molecule has 0 spiro atoms. The first-order valence-electron chi connectivity index (χ1n) is 4.04. The average Bonchev–Trinajstić information content (AvgIpc) is 2.01. The Hall–Kier alpha value is -0.620. The van der Waals surface area contributed by atoms with Crippen LogP contribution in [0.2, 0.25) is 0 Å². The Morgan fingerprint density at radius 2 is 1.69 bits per heavy atom. The SMILES string of the molecule is CNC(C)C(=O)NS(=O)(=O)C(C)C. The van der Waals surface area contributed by atoms with E-state index in [0.29, 0.717) is 0 Å². The Balaban J connectivity index is 4.38. The van der Waals surface area contributed by atoms with Crippen molar-refractivity contribution in [3.05, 3.63) is 0 Å². The van der Waals surface area contributed by atoms with E-state index in [1.165, 1.54) is 13.8 Å². The summed E-state index contributed by atoms with van der Waals surface area (Å²) in [6, 6.07) is -0.506. The number of sulfonamides is 1. The van der Waals surface area contributed by atoms with Gasteiger partial charge in [0.1, 0.15) is 0 Å². The van der Waals surface area contributed by atoms with E-state index in [9.17, 15) is 13.2 Å². The highest BCUT2D eigenvalue weighted by Gasteiger charge is 2.21. The molecule has 0 rings (SSSR count). The lowest BCUT2D eigenvalue weighted by molar-refractivity contribution is -0.120. The number of hydrogen-bond donors (Lipinski definition) is 2. The van der Waals surface area contributed by atoms with Crippen molar-refractivity contribution in [2.45, 2.75) is 32.1 Å². The second kappa shape index (κ2) is 4.57. The van der Waals surface area contributed by atoms with Gasteiger partial charge in [-0.25, -0.2) is 8.42 Å². The highest BCUT2D eigenvalue weighted by atomic mass is 32.2. The van der Waals surface area contributed by atoms with E-state index in [1.54, 1.807) is 14.0 Å². The Bertz CT molecular complexity index is 271. The van der Waals surface area contributed by atoms with E-state index >= 15 is 0 Å². The Morgan fingerprint density at radius 1 is 1.23 bits per heavy atom. The van der Waals surface area contributed by atoms with Crippen molar-refractivity contribution >= 4 is 15.9 Å². The van der Waals surface area contributed by atoms with Crippen LogP contribution in [0, 0.1) is 0 Å². The van der Waals surface area contributed by atoms with Gasteiger partial charge in [0, 0.05) is 0 Å². The lowest BCUT2D eigenvalue weighted by atomic mass is 10.3. The summed E-state index contributed by atoms with van der Waals surface area (Å²) in [5.41, 5.74) is 0. The maximum absolute atomic E-state index is 11.2. The monoisotopic (exact) mass is 208 g/mol. The molecule has 0 aromatic heterocycles. The third kappa shape index (κ3) is 3.73. The molecule has 78 valence electrons. The van der Waals surface area contributed by atoms with E-state index in [0.717, 1.165) is 0 Å². The van der Waals surface area contributed by atoms with Crippen LogP contribution in [0.5, 0.6) is 0 Å². The molecule has 0 aliphatic heterocycles. The van der Waals surface area contributed by atoms with Crippen molar-refractivity contribution < 1.29 is 13.2 Å². The zero-order valence-electron chi connectivity index (χ0n) is 8.29. The normalized spacial score (nSPS) is 14.2. The number of carbonyl (C=O) groups is 1. The molecule has 1 atom stereocenters. The van der Waals surface area contributed by atoms with Crippen molar-refractivity contribution in [1.82, 2.24) is 10.0 Å². The fourth-order valence-corrected chi connectivity index (χ4v) is 1.17. The van der Waals surface area contributed by atoms with Gasteiger partial charge in [-0.05, 0) is 27.8 Å². The number of likely N-dealkylation sites (N-methyl/N-ethyl adjacent to an activating group) is 1. The molecule has 0 fully saturated rings. The third-order valence-corrected chi connectivity index (χ3v) is 3.42. The molecule has 0 aromatic carbocycles. The molecule has 0 saturated carbocycles. The molecule has 1 unspecified atom stereocenters. The van der Waals surface area contributed by atoms with Crippen LogP contribution in [0.15, 0.2) is 0 Å². The average molecular weight is 208 g/mol. The smallest absolute Gasteiger partial charge is 0.250 e. The van der Waals surface area contributed by atoms with E-state index in [-0.39, 0.29) is 0 Å². The fraction of sp³-hybridized carbons (Fsp3) is 0.857. The Morgan fingerprint density at radius 3 is 2.00 bits per heavy atom. The molecule has 0 aliphatic carbocycles. The summed E-state index contributed by atoms with van der Waals surface area (Å²) >= 11 is 0. The first kappa shape index (κ1) is 12.4. The van der Waals surface area contributed by atoms with Crippen molar-refractivity contribution in [3.63, 3.8) is 0 Å². The van der Waals surface area contributed by atoms with E-state index < -0.39 is 27.2 Å². The number of nitrogens with one attached hydrogen (secondary N) is 2. The van der Waals surface area contributed by atoms with Crippen LogP contribution in [0.25, 0.3) is 0 Å². The molecule has 0 saturated heterocycles. The number of rotatable bonds is 4. The van der Waals surface area contributed by atoms with Crippen molar-refractivity contribution in [1.29, 1.82) is 0 Å². The summed E-state index contributed by atoms with van der Waals surface area (Å²) in [5.74, 6) is -0.531. The van der Waals surface area contributed by atoms with Gasteiger partial charge in [0.2, 0.25) is 15.9 Å². The summed E-state index contributed by atoms with van der Waals surface area (Å²) in [4.78, 5) is 11.1. The molecule has 0 aromatic rings. The highest BCUT2D eigenvalue weighted by molar-refractivity contribution is 7.90. The quantitative estimate of drug-likeness (QED) is 0.650. The minimum atomic E-state index is -3.49. The predicted molar refractivity (Wildman–Crippen MR) is 50.7 cm³/mol. The largest absolute Gasteiger partial charge is 0.309 e. The Kier molecular flexibility index (Phi) is 4.35. The molecule has 0 aliphatic rings. The number of amides is 1. The highest BCUT2D eigenvalue weighted by Crippen LogP contribution is 1.96. The van der Waals surface area contributed by atoms with Crippen LogP contribution < -0.4 is 10.0 Å². The molecule has 6 heteroatoms. The van der Waals surface area contributed by atoms with E-state index in [2.05, 4.69) is 5.32 Å². The minimum Gasteiger partial charge on any atom is -0.309 e. The summed E-state index contributed by atoms with van der Waals surface area (Å²) in [6.07, 6.45) is 0. The maximum atomic E-state index is 11.2. The topological polar surface area (TPSA) is 75.3 Å². The summed E-state index contributed by atoms with van der Waals surface area (Å²) in [5, 5.41) is 2.05. The first-order chi connectivity index (χ1) is 5.81. The standard InChI is InChI=1S/C7H16N2O3S/c1-5(2)13(11,12)9-7(10)6(3)8-4/h5-6,8H,1-4H3,(H,9,10). The van der Waals surface area contributed by atoms with Gasteiger partial charge in [-0.2, -0.15) is 0 Å². The van der Waals surface area contributed by atoms with E-state index in [4.69, 9.17) is 0 Å². The first-order valence-corrected chi connectivity index (χ1v) is 5.58. The second-order valence-electron chi connectivity index (χ2n) is 3.07. The summed E-state index contributed by atoms with van der Waals surface area (Å²) < 4.78 is 24.4. The number of hydrogen-bond acceptors (Lipinski definition) is 4. The van der Waals surface area contributed by atoms with Crippen LogP contribution >= 0.6 is 0 Å². The van der Waals surface area contributed by atoms with Gasteiger partial charge >= 0.3 is 0 Å². The fourth-order valence-electron chi connectivity index (χ4n) is 0.478. The molecule has 0 bridgehead atoms. The van der Waals surface area contributed by atoms with Gasteiger partial charge in [-0.3, -0.25) is 9.52 Å². The lowest BCUT2D eigenvalue weighted by Gasteiger charge is -2.13. The molecule has 1 amide bonds. The zero-order valence-corrected chi connectivity index (χ0v) is 9.10. The van der Waals surface area contributed by atoms with Crippen molar-refractivity contribution in [2.24, 2.45) is 0 Å². The van der Waals surface area contributed by atoms with Gasteiger partial charge in [0.25, 0.3) is 0 Å². The minimum absolute atomic E-state index is 0.506. The molecule has 0 radical (unpaired) electrons. The maximum Gasteiger partial charge on any atom is 0.250 e. The van der Waals surface area contributed by atoms with Crippen molar-refractivity contribution in [3.8, 4) is 0 Å². The van der Waals surface area contributed by atoms with Gasteiger partial charge < -0.3 is 5.32 Å². The third-order valence-electron chi connectivity index (χ3n) is 1.69. The van der Waals surface area contributed by atoms with Crippen LogP contribution in [-0.2, 0) is 14.8 Å². The van der Waals surface area contributed by atoms with Crippen molar-refractivity contribution in [2.75, 3.05) is 7.05 Å². The number of carbonyl (C=O) groups excluding carboxylic acids is 1.